The molecule has 302 valence electrons. The van der Waals surface area contributed by atoms with Crippen LogP contribution in [0.2, 0.25) is 0 Å². The summed E-state index contributed by atoms with van der Waals surface area (Å²) in [6, 6.07) is 14.8. The fourth-order valence-electron chi connectivity index (χ4n) is 7.62. The van der Waals surface area contributed by atoms with Crippen LogP contribution in [0.1, 0.15) is 72.5 Å². The molecule has 0 saturated carbocycles. The standard InChI is InChI=1S/C42H45N7O9/c1-24(2)30-21-31(36(52)22-35(30)51)39-44-45-42(57)49(39)27-7-9-33-26(19-27)13-14-47(33)16-18-58-17-15-46(3)38(54)12-8-28(50)20-25-5-4-6-29-32(25)23-48(41(29)56)34-10-11-37(53)43-40(34)55/h4-7,9,13-14,19,21-22,24,34,51-52H,8,10-12,15-18,20,23H2,1-3H3,(H,45,57)(H,43,53,55). The van der Waals surface area contributed by atoms with Crippen molar-refractivity contribution in [2.75, 3.05) is 26.8 Å². The normalized spacial score (nSPS) is 15.3. The highest BCUT2D eigenvalue weighted by molar-refractivity contribution is 6.05. The Bertz CT molecular complexity index is 2500. The van der Waals surface area contributed by atoms with Crippen LogP contribution >= 0.6 is 0 Å². The lowest BCUT2D eigenvalue weighted by Gasteiger charge is -2.29. The molecule has 5 aromatic rings. The molecular weight excluding hydrogens is 747 g/mol. The van der Waals surface area contributed by atoms with E-state index in [1.165, 1.54) is 20.4 Å². The Morgan fingerprint density at radius 1 is 0.983 bits per heavy atom. The molecule has 0 bridgehead atoms. The van der Waals surface area contributed by atoms with Gasteiger partial charge in [0.25, 0.3) is 5.91 Å². The Balaban J connectivity index is 0.876. The van der Waals surface area contributed by atoms with E-state index < -0.39 is 17.6 Å². The maximum atomic E-state index is 13.1. The van der Waals surface area contributed by atoms with Crippen molar-refractivity contribution in [3.63, 3.8) is 0 Å². The Morgan fingerprint density at radius 3 is 2.57 bits per heavy atom. The second kappa shape index (κ2) is 16.5. The number of hydrogen-bond acceptors (Lipinski definition) is 10. The minimum atomic E-state index is -0.742. The Labute approximate surface area is 333 Å². The predicted molar refractivity (Wildman–Crippen MR) is 211 cm³/mol. The SMILES string of the molecule is CC(C)c1cc(-c2n[nH]c(=O)n2-c2ccc3c(ccn3CCOCCN(C)C(=O)CCC(=O)Cc3cccc4c3CN(C3CCC(=O)NC3=O)C4=O)c2)c(O)cc1O. The maximum absolute atomic E-state index is 13.1. The summed E-state index contributed by atoms with van der Waals surface area (Å²) in [5.74, 6) is -1.54. The zero-order chi connectivity index (χ0) is 41.2. The zero-order valence-electron chi connectivity index (χ0n) is 32.5. The lowest BCUT2D eigenvalue weighted by atomic mass is 9.97. The fourth-order valence-corrected chi connectivity index (χ4v) is 7.62. The molecule has 2 aromatic heterocycles. The number of Topliss-reactive ketones (excluding diaryl/α,β-unsaturated/α-hetero) is 1. The number of aromatic hydroxyl groups is 2. The van der Waals surface area contributed by atoms with E-state index in [9.17, 15) is 39.0 Å². The Hall–Kier alpha value is -6.55. The van der Waals surface area contributed by atoms with Gasteiger partial charge in [0.2, 0.25) is 17.7 Å². The molecule has 4 amide bonds. The monoisotopic (exact) mass is 791 g/mol. The van der Waals surface area contributed by atoms with Crippen LogP contribution in [0.3, 0.4) is 0 Å². The molecule has 2 aliphatic rings. The molecule has 58 heavy (non-hydrogen) atoms. The summed E-state index contributed by atoms with van der Waals surface area (Å²) in [5, 5.41) is 30.8. The number of ether oxygens (including phenoxy) is 1. The first kappa shape index (κ1) is 39.7. The molecule has 3 aromatic carbocycles. The predicted octanol–water partition coefficient (Wildman–Crippen LogP) is 3.54. The number of benzene rings is 3. The Morgan fingerprint density at radius 2 is 1.79 bits per heavy atom. The number of carbonyl (C=O) groups is 5. The number of phenols is 2. The van der Waals surface area contributed by atoms with E-state index in [4.69, 9.17) is 4.74 Å². The van der Waals surface area contributed by atoms with Crippen molar-refractivity contribution < 1.29 is 38.9 Å². The summed E-state index contributed by atoms with van der Waals surface area (Å²) < 4.78 is 9.25. The third-order valence-corrected chi connectivity index (χ3v) is 10.9. The number of aromatic amines is 1. The first-order valence-corrected chi connectivity index (χ1v) is 19.2. The molecule has 0 aliphatic carbocycles. The number of carbonyl (C=O) groups excluding carboxylic acids is 5. The largest absolute Gasteiger partial charge is 0.508 e. The number of ketones is 1. The van der Waals surface area contributed by atoms with Gasteiger partial charge in [0.1, 0.15) is 23.3 Å². The molecule has 1 unspecified atom stereocenters. The van der Waals surface area contributed by atoms with Gasteiger partial charge in [-0.2, -0.15) is 5.10 Å². The second-order valence-corrected chi connectivity index (χ2v) is 15.0. The molecule has 0 spiro atoms. The van der Waals surface area contributed by atoms with Crippen LogP contribution in [0.5, 0.6) is 11.5 Å². The highest BCUT2D eigenvalue weighted by Crippen LogP contribution is 2.37. The molecule has 4 heterocycles. The number of piperidine rings is 1. The number of nitrogens with one attached hydrogen (secondary N) is 2. The van der Waals surface area contributed by atoms with Gasteiger partial charge in [0.15, 0.2) is 5.82 Å². The van der Waals surface area contributed by atoms with E-state index in [1.54, 1.807) is 37.4 Å². The van der Waals surface area contributed by atoms with Crippen molar-refractivity contribution in [1.29, 1.82) is 0 Å². The van der Waals surface area contributed by atoms with Gasteiger partial charge in [-0.15, -0.1) is 0 Å². The second-order valence-electron chi connectivity index (χ2n) is 15.0. The first-order valence-electron chi connectivity index (χ1n) is 19.2. The third-order valence-electron chi connectivity index (χ3n) is 10.9. The number of likely N-dealkylation sites (N-methyl/N-ethyl adjacent to an activating group) is 1. The van der Waals surface area contributed by atoms with Crippen molar-refractivity contribution in [3.8, 4) is 28.6 Å². The number of imide groups is 1. The number of H-pyrrole nitrogens is 1. The molecule has 2 aliphatic heterocycles. The number of fused-ring (bicyclic) bond motifs is 2. The van der Waals surface area contributed by atoms with E-state index in [2.05, 4.69) is 15.5 Å². The van der Waals surface area contributed by atoms with Crippen molar-refractivity contribution in [2.24, 2.45) is 0 Å². The Kier molecular flexibility index (Phi) is 11.3. The molecule has 0 radical (unpaired) electrons. The number of hydrogen-bond donors (Lipinski definition) is 4. The first-order chi connectivity index (χ1) is 27.8. The average Bonchev–Trinajstić information content (AvgIpc) is 3.88. The molecule has 1 saturated heterocycles. The molecule has 1 fully saturated rings. The van der Waals surface area contributed by atoms with Gasteiger partial charge in [-0.05, 0) is 65.4 Å². The van der Waals surface area contributed by atoms with Crippen LogP contribution in [0, 0.1) is 0 Å². The van der Waals surface area contributed by atoms with Gasteiger partial charge in [-0.3, -0.25) is 29.3 Å². The number of amides is 4. The van der Waals surface area contributed by atoms with E-state index in [-0.39, 0.29) is 85.4 Å². The van der Waals surface area contributed by atoms with Gasteiger partial charge >= 0.3 is 5.69 Å². The highest BCUT2D eigenvalue weighted by atomic mass is 16.5. The third kappa shape index (κ3) is 8.00. The van der Waals surface area contributed by atoms with Gasteiger partial charge in [0, 0.05) is 81.1 Å². The summed E-state index contributed by atoms with van der Waals surface area (Å²) >= 11 is 0. The average molecular weight is 792 g/mol. The minimum absolute atomic E-state index is 0.0289. The van der Waals surface area contributed by atoms with Crippen LogP contribution in [-0.4, -0.2) is 102 Å². The summed E-state index contributed by atoms with van der Waals surface area (Å²) in [5.41, 5.74) is 3.72. The van der Waals surface area contributed by atoms with E-state index in [0.717, 1.165) is 10.9 Å². The fraction of sp³-hybridized carbons (Fsp3) is 0.357. The van der Waals surface area contributed by atoms with Crippen molar-refractivity contribution in [1.82, 2.24) is 34.4 Å². The molecule has 16 nitrogen and oxygen atoms in total. The van der Waals surface area contributed by atoms with Crippen LogP contribution in [0.25, 0.3) is 28.0 Å². The van der Waals surface area contributed by atoms with E-state index in [0.29, 0.717) is 59.8 Å². The van der Waals surface area contributed by atoms with Gasteiger partial charge < -0.3 is 29.3 Å². The van der Waals surface area contributed by atoms with Crippen LogP contribution < -0.4 is 11.0 Å². The topological polar surface area (TPSA) is 209 Å². The molecule has 7 rings (SSSR count). The van der Waals surface area contributed by atoms with Gasteiger partial charge in [-0.1, -0.05) is 26.0 Å². The van der Waals surface area contributed by atoms with Crippen molar-refractivity contribution in [3.05, 3.63) is 93.5 Å². The van der Waals surface area contributed by atoms with Gasteiger partial charge in [-0.25, -0.2) is 14.5 Å². The quantitative estimate of drug-likeness (QED) is 0.0896. The molecular formula is C42H45N7O9. The smallest absolute Gasteiger partial charge is 0.348 e. The van der Waals surface area contributed by atoms with Crippen LogP contribution in [0.15, 0.2) is 65.6 Å². The van der Waals surface area contributed by atoms with Crippen LogP contribution in [-0.2, 0) is 43.4 Å². The summed E-state index contributed by atoms with van der Waals surface area (Å²) in [7, 11) is 1.66. The number of nitrogens with zero attached hydrogens (tertiary/aromatic N) is 5. The lowest BCUT2D eigenvalue weighted by molar-refractivity contribution is -0.137. The van der Waals surface area contributed by atoms with E-state index in [1.807, 2.05) is 42.8 Å². The maximum Gasteiger partial charge on any atom is 0.348 e. The van der Waals surface area contributed by atoms with Gasteiger partial charge in [0.05, 0.1) is 24.5 Å². The number of phenolic OH excluding ortho intramolecular Hbond substituents is 2. The van der Waals surface area contributed by atoms with Crippen LogP contribution in [0.4, 0.5) is 0 Å². The molecule has 1 atom stereocenters. The number of aromatic nitrogens is 4. The van der Waals surface area contributed by atoms with Crippen molar-refractivity contribution in [2.45, 2.75) is 71.0 Å². The lowest BCUT2D eigenvalue weighted by Crippen LogP contribution is -2.52. The minimum Gasteiger partial charge on any atom is -0.508 e. The zero-order valence-corrected chi connectivity index (χ0v) is 32.5. The summed E-state index contributed by atoms with van der Waals surface area (Å²) in [6.07, 6.45) is 2.45. The van der Waals surface area contributed by atoms with Crippen molar-refractivity contribution >= 4 is 40.3 Å². The summed E-state index contributed by atoms with van der Waals surface area (Å²) in [4.78, 5) is 78.9. The highest BCUT2D eigenvalue weighted by Gasteiger charge is 2.40. The molecule has 16 heteroatoms. The van der Waals surface area contributed by atoms with E-state index >= 15 is 0 Å². The molecule has 4 N–H and O–H groups in total. The summed E-state index contributed by atoms with van der Waals surface area (Å²) in [6.45, 7) is 5.55. The number of rotatable bonds is 15.